The highest BCUT2D eigenvalue weighted by Gasteiger charge is 2.24. The highest BCUT2D eigenvalue weighted by molar-refractivity contribution is 5.86. The molecule has 0 aliphatic carbocycles. The Hall–Kier alpha value is -3.16. The lowest BCUT2D eigenvalue weighted by molar-refractivity contribution is -0.130. The number of carbonyl (C=O) groups is 1. The fourth-order valence-electron chi connectivity index (χ4n) is 4.27. The molecule has 0 spiro atoms. The van der Waals surface area contributed by atoms with Crippen molar-refractivity contribution in [3.8, 4) is 0 Å². The largest absolute Gasteiger partial charge is 0.356 e. The standard InChI is InChI=1S/C22H26N6O2/c29-21(16-18-17-6-2-3-7-19(17)30-25-18)27-14-12-26(13-15-27)20-8-9-23-22(24-20)28-10-4-1-5-11-28/h2-3,6-9H,1,4-5,10-16H2. The number of rotatable bonds is 4. The number of hydrogen-bond acceptors (Lipinski definition) is 7. The Labute approximate surface area is 175 Å². The van der Waals surface area contributed by atoms with E-state index in [0.29, 0.717) is 18.8 Å². The van der Waals surface area contributed by atoms with Gasteiger partial charge in [-0.05, 0) is 37.5 Å². The molecule has 0 unspecified atom stereocenters. The number of anilines is 2. The molecule has 1 aromatic carbocycles. The second-order valence-electron chi connectivity index (χ2n) is 7.93. The molecule has 8 nitrogen and oxygen atoms in total. The number of para-hydroxylation sites is 1. The lowest BCUT2D eigenvalue weighted by atomic mass is 10.1. The minimum absolute atomic E-state index is 0.0883. The van der Waals surface area contributed by atoms with E-state index in [2.05, 4.69) is 19.9 Å². The molecule has 8 heteroatoms. The minimum atomic E-state index is 0.0883. The van der Waals surface area contributed by atoms with Gasteiger partial charge in [-0.25, -0.2) is 4.98 Å². The van der Waals surface area contributed by atoms with Crippen LogP contribution < -0.4 is 9.80 Å². The van der Waals surface area contributed by atoms with E-state index in [4.69, 9.17) is 9.51 Å². The molecule has 156 valence electrons. The zero-order valence-electron chi connectivity index (χ0n) is 17.0. The zero-order valence-corrected chi connectivity index (χ0v) is 17.0. The van der Waals surface area contributed by atoms with E-state index >= 15 is 0 Å². The molecule has 0 bridgehead atoms. The maximum Gasteiger partial charge on any atom is 0.228 e. The lowest BCUT2D eigenvalue weighted by Gasteiger charge is -2.36. The number of fused-ring (bicyclic) bond motifs is 1. The van der Waals surface area contributed by atoms with Crippen molar-refractivity contribution in [1.82, 2.24) is 20.0 Å². The van der Waals surface area contributed by atoms with Gasteiger partial charge in [-0.15, -0.1) is 0 Å². The van der Waals surface area contributed by atoms with Gasteiger partial charge in [-0.3, -0.25) is 4.79 Å². The van der Waals surface area contributed by atoms with Crippen LogP contribution in [0.1, 0.15) is 25.0 Å². The molecule has 1 amide bonds. The second-order valence-corrected chi connectivity index (χ2v) is 7.93. The van der Waals surface area contributed by atoms with Crippen LogP contribution in [-0.2, 0) is 11.2 Å². The average molecular weight is 406 g/mol. The number of benzene rings is 1. The monoisotopic (exact) mass is 406 g/mol. The molecule has 2 aliphatic heterocycles. The van der Waals surface area contributed by atoms with E-state index in [1.165, 1.54) is 19.3 Å². The third-order valence-corrected chi connectivity index (χ3v) is 5.99. The third kappa shape index (κ3) is 3.81. The minimum Gasteiger partial charge on any atom is -0.356 e. The molecule has 0 atom stereocenters. The fraction of sp³-hybridized carbons (Fsp3) is 0.455. The zero-order chi connectivity index (χ0) is 20.3. The molecule has 30 heavy (non-hydrogen) atoms. The molecule has 2 fully saturated rings. The fourth-order valence-corrected chi connectivity index (χ4v) is 4.27. The second kappa shape index (κ2) is 8.30. The summed E-state index contributed by atoms with van der Waals surface area (Å²) in [6, 6.07) is 9.62. The summed E-state index contributed by atoms with van der Waals surface area (Å²) in [4.78, 5) is 28.5. The number of piperazine rings is 1. The Morgan fingerprint density at radius 1 is 0.933 bits per heavy atom. The predicted octanol–water partition coefficient (Wildman–Crippen LogP) is 2.50. The molecular formula is C22H26N6O2. The molecule has 0 saturated carbocycles. The first kappa shape index (κ1) is 18.8. The van der Waals surface area contributed by atoms with Crippen LogP contribution in [0.5, 0.6) is 0 Å². The van der Waals surface area contributed by atoms with Gasteiger partial charge in [0.1, 0.15) is 11.5 Å². The van der Waals surface area contributed by atoms with E-state index in [9.17, 15) is 4.79 Å². The number of amides is 1. The SMILES string of the molecule is O=C(Cc1noc2ccccc12)N1CCN(c2ccnc(N3CCCCC3)n2)CC1. The number of aromatic nitrogens is 3. The van der Waals surface area contributed by atoms with Crippen molar-refractivity contribution in [2.24, 2.45) is 0 Å². The van der Waals surface area contributed by atoms with Crippen molar-refractivity contribution in [2.45, 2.75) is 25.7 Å². The van der Waals surface area contributed by atoms with Crippen LogP contribution in [0, 0.1) is 0 Å². The lowest BCUT2D eigenvalue weighted by Crippen LogP contribution is -2.49. The van der Waals surface area contributed by atoms with Gasteiger partial charge in [0.2, 0.25) is 11.9 Å². The van der Waals surface area contributed by atoms with Crippen LogP contribution in [0.15, 0.2) is 41.1 Å². The maximum absolute atomic E-state index is 12.8. The number of piperidine rings is 1. The summed E-state index contributed by atoms with van der Waals surface area (Å²) in [6.07, 6.45) is 5.81. The van der Waals surface area contributed by atoms with Gasteiger partial charge in [0.15, 0.2) is 5.58 Å². The van der Waals surface area contributed by atoms with Gasteiger partial charge in [0, 0.05) is 50.9 Å². The van der Waals surface area contributed by atoms with Crippen LogP contribution in [0.25, 0.3) is 11.0 Å². The number of nitrogens with zero attached hydrogens (tertiary/aromatic N) is 6. The normalized spacial score (nSPS) is 17.5. The third-order valence-electron chi connectivity index (χ3n) is 5.99. The van der Waals surface area contributed by atoms with Crippen LogP contribution in [0.3, 0.4) is 0 Å². The molecule has 4 heterocycles. The van der Waals surface area contributed by atoms with Crippen molar-refractivity contribution in [1.29, 1.82) is 0 Å². The van der Waals surface area contributed by atoms with Gasteiger partial charge >= 0.3 is 0 Å². The van der Waals surface area contributed by atoms with Crippen LogP contribution >= 0.6 is 0 Å². The Morgan fingerprint density at radius 2 is 1.73 bits per heavy atom. The molecule has 2 aromatic heterocycles. The molecule has 3 aromatic rings. The van der Waals surface area contributed by atoms with Crippen molar-refractivity contribution < 1.29 is 9.32 Å². The Bertz CT molecular complexity index is 1020. The number of carbonyl (C=O) groups excluding carboxylic acids is 1. The first-order chi connectivity index (χ1) is 14.8. The maximum atomic E-state index is 12.8. The van der Waals surface area contributed by atoms with E-state index < -0.39 is 0 Å². The molecule has 2 saturated heterocycles. The van der Waals surface area contributed by atoms with E-state index in [1.54, 1.807) is 0 Å². The highest BCUT2D eigenvalue weighted by atomic mass is 16.5. The van der Waals surface area contributed by atoms with Crippen molar-refractivity contribution in [3.63, 3.8) is 0 Å². The summed E-state index contributed by atoms with van der Waals surface area (Å²) < 4.78 is 5.33. The molecular weight excluding hydrogens is 380 g/mol. The highest BCUT2D eigenvalue weighted by Crippen LogP contribution is 2.21. The topological polar surface area (TPSA) is 78.6 Å². The van der Waals surface area contributed by atoms with Gasteiger partial charge in [-0.2, -0.15) is 4.98 Å². The molecule has 5 rings (SSSR count). The smallest absolute Gasteiger partial charge is 0.228 e. The van der Waals surface area contributed by atoms with Crippen LogP contribution in [-0.4, -0.2) is 65.2 Å². The van der Waals surface area contributed by atoms with E-state index in [0.717, 1.165) is 48.9 Å². The van der Waals surface area contributed by atoms with Crippen LogP contribution in [0.2, 0.25) is 0 Å². The Morgan fingerprint density at radius 3 is 2.57 bits per heavy atom. The summed E-state index contributed by atoms with van der Waals surface area (Å²) >= 11 is 0. The van der Waals surface area contributed by atoms with Crippen molar-refractivity contribution in [2.75, 3.05) is 49.1 Å². The quantitative estimate of drug-likeness (QED) is 0.659. The Balaban J connectivity index is 1.20. The van der Waals surface area contributed by atoms with E-state index in [1.807, 2.05) is 41.4 Å². The predicted molar refractivity (Wildman–Crippen MR) is 115 cm³/mol. The van der Waals surface area contributed by atoms with Crippen molar-refractivity contribution in [3.05, 3.63) is 42.2 Å². The average Bonchev–Trinajstić information content (AvgIpc) is 3.23. The molecule has 2 aliphatic rings. The van der Waals surface area contributed by atoms with E-state index in [-0.39, 0.29) is 12.3 Å². The summed E-state index contributed by atoms with van der Waals surface area (Å²) in [7, 11) is 0. The van der Waals surface area contributed by atoms with Crippen molar-refractivity contribution >= 4 is 28.6 Å². The first-order valence-electron chi connectivity index (χ1n) is 10.7. The van der Waals surface area contributed by atoms with Gasteiger partial charge < -0.3 is 19.2 Å². The summed E-state index contributed by atoms with van der Waals surface area (Å²) in [6.45, 7) is 4.95. The number of hydrogen-bond donors (Lipinski definition) is 0. The Kier molecular flexibility index (Phi) is 5.21. The van der Waals surface area contributed by atoms with Gasteiger partial charge in [0.05, 0.1) is 6.42 Å². The summed E-state index contributed by atoms with van der Waals surface area (Å²) in [5, 5.41) is 5.00. The first-order valence-corrected chi connectivity index (χ1v) is 10.7. The summed E-state index contributed by atoms with van der Waals surface area (Å²) in [5.74, 6) is 1.86. The van der Waals surface area contributed by atoms with Crippen LogP contribution in [0.4, 0.5) is 11.8 Å². The van der Waals surface area contributed by atoms with Gasteiger partial charge in [-0.1, -0.05) is 17.3 Å². The summed E-state index contributed by atoms with van der Waals surface area (Å²) in [5.41, 5.74) is 1.43. The molecule has 0 radical (unpaired) electrons. The molecule has 0 N–H and O–H groups in total. The van der Waals surface area contributed by atoms with Gasteiger partial charge in [0.25, 0.3) is 0 Å².